The smallest absolute Gasteiger partial charge is 0.133 e. The topological polar surface area (TPSA) is 21.7 Å². The molecule has 0 fully saturated rings. The molecule has 0 heterocycles. The summed E-state index contributed by atoms with van der Waals surface area (Å²) in [6.07, 6.45) is 0. The SMILES string of the molecule is c1ccc(Oc2cc(Oc3ccccc3)cc(N(c3ccccc3)c3ccccc3)c2)cc1. The van der Waals surface area contributed by atoms with Crippen molar-refractivity contribution in [3.05, 3.63) is 140 Å². The minimum atomic E-state index is 0.696. The van der Waals surface area contributed by atoms with E-state index in [0.29, 0.717) is 11.5 Å². The molecule has 3 heteroatoms. The summed E-state index contributed by atoms with van der Waals surface area (Å²) in [4.78, 5) is 2.19. The number of anilines is 3. The van der Waals surface area contributed by atoms with Crippen LogP contribution >= 0.6 is 0 Å². The van der Waals surface area contributed by atoms with Gasteiger partial charge in [0.2, 0.25) is 0 Å². The van der Waals surface area contributed by atoms with E-state index in [4.69, 9.17) is 9.47 Å². The minimum Gasteiger partial charge on any atom is -0.457 e. The number of para-hydroxylation sites is 4. The zero-order valence-electron chi connectivity index (χ0n) is 18.0. The molecule has 0 aromatic heterocycles. The normalized spacial score (nSPS) is 10.4. The van der Waals surface area contributed by atoms with E-state index in [9.17, 15) is 0 Å². The van der Waals surface area contributed by atoms with Gasteiger partial charge in [0.25, 0.3) is 0 Å². The Hall–Kier alpha value is -4.50. The molecule has 0 amide bonds. The monoisotopic (exact) mass is 429 g/mol. The van der Waals surface area contributed by atoms with Gasteiger partial charge in [-0.05, 0) is 48.5 Å². The van der Waals surface area contributed by atoms with Crippen LogP contribution in [0.5, 0.6) is 23.0 Å². The number of benzene rings is 5. The Kier molecular flexibility index (Phi) is 6.03. The first-order valence-electron chi connectivity index (χ1n) is 10.9. The summed E-state index contributed by atoms with van der Waals surface area (Å²) in [5.41, 5.74) is 3.03. The second kappa shape index (κ2) is 9.75. The van der Waals surface area contributed by atoms with Crippen LogP contribution in [0.4, 0.5) is 17.1 Å². The molecule has 0 N–H and O–H groups in total. The van der Waals surface area contributed by atoms with Gasteiger partial charge in [0, 0.05) is 29.6 Å². The van der Waals surface area contributed by atoms with Gasteiger partial charge in [-0.15, -0.1) is 0 Å². The molecule has 160 valence electrons. The van der Waals surface area contributed by atoms with E-state index in [1.807, 2.05) is 115 Å². The standard InChI is InChI=1S/C30H23NO2/c1-5-13-24(14-6-1)31(25-15-7-2-8-16-25)26-21-29(32-27-17-9-3-10-18-27)23-30(22-26)33-28-19-11-4-12-20-28/h1-23H. The molecule has 0 saturated heterocycles. The lowest BCUT2D eigenvalue weighted by atomic mass is 10.1. The summed E-state index contributed by atoms with van der Waals surface area (Å²) in [5.74, 6) is 2.93. The van der Waals surface area contributed by atoms with Crippen LogP contribution in [0, 0.1) is 0 Å². The van der Waals surface area contributed by atoms with Crippen molar-refractivity contribution >= 4 is 17.1 Å². The molecule has 5 aromatic rings. The maximum Gasteiger partial charge on any atom is 0.133 e. The number of ether oxygens (including phenoxy) is 2. The quantitative estimate of drug-likeness (QED) is 0.258. The summed E-state index contributed by atoms with van der Waals surface area (Å²) >= 11 is 0. The van der Waals surface area contributed by atoms with Crippen molar-refractivity contribution in [1.29, 1.82) is 0 Å². The second-order valence-electron chi connectivity index (χ2n) is 7.50. The Morgan fingerprint density at radius 2 is 0.697 bits per heavy atom. The van der Waals surface area contributed by atoms with Gasteiger partial charge in [0.1, 0.15) is 23.0 Å². The first-order valence-corrected chi connectivity index (χ1v) is 10.9. The van der Waals surface area contributed by atoms with Gasteiger partial charge in [-0.3, -0.25) is 0 Å². The number of hydrogen-bond donors (Lipinski definition) is 0. The lowest BCUT2D eigenvalue weighted by Gasteiger charge is -2.26. The van der Waals surface area contributed by atoms with Gasteiger partial charge >= 0.3 is 0 Å². The fraction of sp³-hybridized carbons (Fsp3) is 0. The predicted molar refractivity (Wildman–Crippen MR) is 134 cm³/mol. The summed E-state index contributed by atoms with van der Waals surface area (Å²) in [6, 6.07) is 46.1. The molecule has 0 atom stereocenters. The average molecular weight is 430 g/mol. The third-order valence-corrected chi connectivity index (χ3v) is 5.11. The third-order valence-electron chi connectivity index (χ3n) is 5.11. The van der Waals surface area contributed by atoms with Gasteiger partial charge in [0.15, 0.2) is 0 Å². The van der Waals surface area contributed by atoms with Gasteiger partial charge in [-0.25, -0.2) is 0 Å². The highest BCUT2D eigenvalue weighted by Crippen LogP contribution is 2.40. The first kappa shape index (κ1) is 20.4. The average Bonchev–Trinajstić information content (AvgIpc) is 2.87. The Balaban J connectivity index is 1.62. The third kappa shape index (κ3) is 5.05. The van der Waals surface area contributed by atoms with Crippen LogP contribution < -0.4 is 14.4 Å². The molecule has 0 unspecified atom stereocenters. The molecule has 5 aromatic carbocycles. The molecule has 3 nitrogen and oxygen atoms in total. The summed E-state index contributed by atoms with van der Waals surface area (Å²) in [5, 5.41) is 0. The first-order chi connectivity index (χ1) is 16.3. The molecular weight excluding hydrogens is 406 g/mol. The molecule has 0 radical (unpaired) electrons. The predicted octanol–water partition coefficient (Wildman–Crippen LogP) is 8.74. The Morgan fingerprint density at radius 3 is 1.09 bits per heavy atom. The van der Waals surface area contributed by atoms with Crippen LogP contribution in [0.2, 0.25) is 0 Å². The van der Waals surface area contributed by atoms with E-state index in [-0.39, 0.29) is 0 Å². The van der Waals surface area contributed by atoms with Crippen molar-refractivity contribution in [1.82, 2.24) is 0 Å². The zero-order chi connectivity index (χ0) is 22.3. The second-order valence-corrected chi connectivity index (χ2v) is 7.50. The van der Waals surface area contributed by atoms with E-state index in [0.717, 1.165) is 28.6 Å². The van der Waals surface area contributed by atoms with Gasteiger partial charge < -0.3 is 14.4 Å². The van der Waals surface area contributed by atoms with Crippen molar-refractivity contribution in [3.63, 3.8) is 0 Å². The van der Waals surface area contributed by atoms with Crippen molar-refractivity contribution < 1.29 is 9.47 Å². The van der Waals surface area contributed by atoms with Gasteiger partial charge in [0.05, 0.1) is 5.69 Å². The Bertz CT molecular complexity index is 1190. The Morgan fingerprint density at radius 1 is 0.333 bits per heavy atom. The molecule has 0 saturated carbocycles. The van der Waals surface area contributed by atoms with Crippen molar-refractivity contribution in [3.8, 4) is 23.0 Å². The molecule has 0 aliphatic carbocycles. The molecule has 0 aliphatic heterocycles. The molecular formula is C30H23NO2. The van der Waals surface area contributed by atoms with Crippen molar-refractivity contribution in [2.45, 2.75) is 0 Å². The zero-order valence-corrected chi connectivity index (χ0v) is 18.0. The summed E-state index contributed by atoms with van der Waals surface area (Å²) < 4.78 is 12.4. The Labute approximate surface area is 194 Å². The fourth-order valence-corrected chi connectivity index (χ4v) is 3.65. The lowest BCUT2D eigenvalue weighted by Crippen LogP contribution is -2.10. The van der Waals surface area contributed by atoms with Crippen LogP contribution in [-0.2, 0) is 0 Å². The summed E-state index contributed by atoms with van der Waals surface area (Å²) in [7, 11) is 0. The number of nitrogens with zero attached hydrogens (tertiary/aromatic N) is 1. The highest BCUT2D eigenvalue weighted by atomic mass is 16.5. The van der Waals surface area contributed by atoms with E-state index in [2.05, 4.69) is 29.2 Å². The van der Waals surface area contributed by atoms with Crippen molar-refractivity contribution in [2.24, 2.45) is 0 Å². The molecule has 0 spiro atoms. The van der Waals surface area contributed by atoms with Gasteiger partial charge in [-0.2, -0.15) is 0 Å². The van der Waals surface area contributed by atoms with E-state index in [1.54, 1.807) is 0 Å². The molecule has 0 bridgehead atoms. The maximum absolute atomic E-state index is 6.21. The summed E-state index contributed by atoms with van der Waals surface area (Å²) in [6.45, 7) is 0. The van der Waals surface area contributed by atoms with Crippen LogP contribution in [0.1, 0.15) is 0 Å². The number of rotatable bonds is 7. The van der Waals surface area contributed by atoms with E-state index < -0.39 is 0 Å². The molecule has 0 aliphatic rings. The van der Waals surface area contributed by atoms with E-state index in [1.165, 1.54) is 0 Å². The fourth-order valence-electron chi connectivity index (χ4n) is 3.65. The molecule has 5 rings (SSSR count). The van der Waals surface area contributed by atoms with Crippen LogP contribution in [0.3, 0.4) is 0 Å². The molecule has 33 heavy (non-hydrogen) atoms. The van der Waals surface area contributed by atoms with Gasteiger partial charge in [-0.1, -0.05) is 72.8 Å². The number of hydrogen-bond acceptors (Lipinski definition) is 3. The van der Waals surface area contributed by atoms with Crippen molar-refractivity contribution in [2.75, 3.05) is 4.90 Å². The lowest BCUT2D eigenvalue weighted by molar-refractivity contribution is 0.460. The highest BCUT2D eigenvalue weighted by molar-refractivity contribution is 5.78. The maximum atomic E-state index is 6.21. The van der Waals surface area contributed by atoms with Crippen LogP contribution in [0.25, 0.3) is 0 Å². The highest BCUT2D eigenvalue weighted by Gasteiger charge is 2.15. The minimum absolute atomic E-state index is 0.696. The van der Waals surface area contributed by atoms with Crippen LogP contribution in [-0.4, -0.2) is 0 Å². The van der Waals surface area contributed by atoms with E-state index >= 15 is 0 Å². The largest absolute Gasteiger partial charge is 0.457 e. The van der Waals surface area contributed by atoms with Crippen LogP contribution in [0.15, 0.2) is 140 Å².